The van der Waals surface area contributed by atoms with Crippen molar-refractivity contribution in [2.75, 3.05) is 13.2 Å². The predicted molar refractivity (Wildman–Crippen MR) is 85.6 cm³/mol. The van der Waals surface area contributed by atoms with Crippen LogP contribution in [0.25, 0.3) is 0 Å². The zero-order chi connectivity index (χ0) is 15.1. The van der Waals surface area contributed by atoms with Crippen molar-refractivity contribution in [3.05, 3.63) is 48.0 Å². The van der Waals surface area contributed by atoms with Crippen molar-refractivity contribution in [1.29, 1.82) is 0 Å². The first-order chi connectivity index (χ1) is 10.3. The molecule has 0 saturated heterocycles. The summed E-state index contributed by atoms with van der Waals surface area (Å²) in [6, 6.07) is 8.35. The van der Waals surface area contributed by atoms with Gasteiger partial charge in [-0.15, -0.1) is 0 Å². The van der Waals surface area contributed by atoms with Gasteiger partial charge < -0.3 is 14.6 Å². The smallest absolute Gasteiger partial charge is 0.130 e. The Labute approximate surface area is 127 Å². The Hall–Kier alpha value is -1.81. The maximum Gasteiger partial charge on any atom is 0.130 e. The molecule has 0 amide bonds. The molecule has 1 aromatic heterocycles. The highest BCUT2D eigenvalue weighted by Crippen LogP contribution is 2.24. The Bertz CT molecular complexity index is 550. The summed E-state index contributed by atoms with van der Waals surface area (Å²) in [5, 5.41) is 3.53. The van der Waals surface area contributed by atoms with Crippen LogP contribution in [0.3, 0.4) is 0 Å². The van der Waals surface area contributed by atoms with Crippen molar-refractivity contribution in [3.63, 3.8) is 0 Å². The van der Waals surface area contributed by atoms with E-state index in [1.807, 2.05) is 25.3 Å². The first-order valence-corrected chi connectivity index (χ1v) is 7.77. The molecule has 4 nitrogen and oxygen atoms in total. The van der Waals surface area contributed by atoms with Crippen LogP contribution in [0.5, 0.6) is 5.75 Å². The standard InChI is InChI=1S/C17H25N3O/c1-4-11-20-12-10-19-17(20)16(18-5-2)14-8-7-9-15(13-14)21-6-3/h7-10,12-13,16,18H,4-6,11H2,1-3H3. The van der Waals surface area contributed by atoms with Gasteiger partial charge in [-0.1, -0.05) is 26.0 Å². The lowest BCUT2D eigenvalue weighted by Gasteiger charge is -2.20. The van der Waals surface area contributed by atoms with Gasteiger partial charge >= 0.3 is 0 Å². The minimum absolute atomic E-state index is 0.0944. The molecule has 21 heavy (non-hydrogen) atoms. The van der Waals surface area contributed by atoms with Gasteiger partial charge in [-0.25, -0.2) is 4.98 Å². The van der Waals surface area contributed by atoms with E-state index in [1.165, 1.54) is 5.56 Å². The summed E-state index contributed by atoms with van der Waals surface area (Å²) < 4.78 is 7.84. The molecule has 2 aromatic rings. The zero-order valence-electron chi connectivity index (χ0n) is 13.2. The molecule has 0 bridgehead atoms. The summed E-state index contributed by atoms with van der Waals surface area (Å²) in [6.45, 7) is 8.86. The van der Waals surface area contributed by atoms with Crippen molar-refractivity contribution < 1.29 is 4.74 Å². The first kappa shape index (κ1) is 15.6. The molecule has 0 fully saturated rings. The molecular weight excluding hydrogens is 262 g/mol. The molecule has 0 aliphatic rings. The van der Waals surface area contributed by atoms with E-state index in [1.54, 1.807) is 0 Å². The van der Waals surface area contributed by atoms with Gasteiger partial charge in [0.25, 0.3) is 0 Å². The normalized spacial score (nSPS) is 12.3. The molecule has 0 aliphatic heterocycles. The molecular formula is C17H25N3O. The molecule has 114 valence electrons. The van der Waals surface area contributed by atoms with E-state index in [-0.39, 0.29) is 6.04 Å². The van der Waals surface area contributed by atoms with E-state index in [0.717, 1.165) is 31.1 Å². The highest BCUT2D eigenvalue weighted by Gasteiger charge is 2.18. The first-order valence-electron chi connectivity index (χ1n) is 7.77. The van der Waals surface area contributed by atoms with Crippen molar-refractivity contribution in [2.45, 2.75) is 39.8 Å². The third kappa shape index (κ3) is 3.85. The highest BCUT2D eigenvalue weighted by molar-refractivity contribution is 5.33. The van der Waals surface area contributed by atoms with Crippen molar-refractivity contribution >= 4 is 0 Å². The molecule has 1 N–H and O–H groups in total. The van der Waals surface area contributed by atoms with E-state index in [4.69, 9.17) is 4.74 Å². The Morgan fingerprint density at radius 3 is 2.86 bits per heavy atom. The summed E-state index contributed by atoms with van der Waals surface area (Å²) in [5.41, 5.74) is 1.19. The van der Waals surface area contributed by atoms with Crippen molar-refractivity contribution in [3.8, 4) is 5.75 Å². The number of benzene rings is 1. The van der Waals surface area contributed by atoms with Gasteiger partial charge in [-0.05, 0) is 37.6 Å². The van der Waals surface area contributed by atoms with E-state index in [2.05, 4.69) is 47.0 Å². The van der Waals surface area contributed by atoms with Crippen LogP contribution in [-0.4, -0.2) is 22.7 Å². The Balaban J connectivity index is 2.33. The number of rotatable bonds is 8. The van der Waals surface area contributed by atoms with E-state index in [0.29, 0.717) is 6.61 Å². The second-order valence-corrected chi connectivity index (χ2v) is 4.98. The second kappa shape index (κ2) is 7.84. The molecule has 1 unspecified atom stereocenters. The maximum atomic E-state index is 5.61. The van der Waals surface area contributed by atoms with Gasteiger partial charge in [0, 0.05) is 18.9 Å². The number of imidazole rings is 1. The van der Waals surface area contributed by atoms with Crippen LogP contribution < -0.4 is 10.1 Å². The average Bonchev–Trinajstić information content (AvgIpc) is 2.94. The third-order valence-corrected chi connectivity index (χ3v) is 3.38. The lowest BCUT2D eigenvalue weighted by Crippen LogP contribution is -2.25. The molecule has 1 atom stereocenters. The van der Waals surface area contributed by atoms with Gasteiger partial charge in [0.15, 0.2) is 0 Å². The van der Waals surface area contributed by atoms with Crippen LogP contribution in [0.15, 0.2) is 36.7 Å². The molecule has 0 radical (unpaired) electrons. The van der Waals surface area contributed by atoms with Gasteiger partial charge in [0.1, 0.15) is 11.6 Å². The minimum Gasteiger partial charge on any atom is -0.494 e. The Morgan fingerprint density at radius 2 is 2.14 bits per heavy atom. The number of nitrogens with one attached hydrogen (secondary N) is 1. The Morgan fingerprint density at radius 1 is 1.29 bits per heavy atom. The number of aromatic nitrogens is 2. The zero-order valence-corrected chi connectivity index (χ0v) is 13.2. The number of hydrogen-bond acceptors (Lipinski definition) is 3. The second-order valence-electron chi connectivity index (χ2n) is 4.98. The van der Waals surface area contributed by atoms with Gasteiger partial charge in [0.2, 0.25) is 0 Å². The van der Waals surface area contributed by atoms with Crippen LogP contribution in [0.4, 0.5) is 0 Å². The topological polar surface area (TPSA) is 39.1 Å². The fourth-order valence-corrected chi connectivity index (χ4v) is 2.52. The molecule has 0 saturated carbocycles. The third-order valence-electron chi connectivity index (χ3n) is 3.38. The molecule has 1 heterocycles. The molecule has 2 rings (SSSR count). The fourth-order valence-electron chi connectivity index (χ4n) is 2.52. The highest BCUT2D eigenvalue weighted by atomic mass is 16.5. The quantitative estimate of drug-likeness (QED) is 0.809. The fraction of sp³-hybridized carbons (Fsp3) is 0.471. The summed E-state index contributed by atoms with van der Waals surface area (Å²) in [5.74, 6) is 1.97. The predicted octanol–water partition coefficient (Wildman–Crippen LogP) is 3.39. The molecule has 4 heteroatoms. The SMILES string of the molecule is CCCn1ccnc1C(NCC)c1cccc(OCC)c1. The average molecular weight is 287 g/mol. The van der Waals surface area contributed by atoms with Gasteiger partial charge in [-0.3, -0.25) is 0 Å². The van der Waals surface area contributed by atoms with Crippen LogP contribution >= 0.6 is 0 Å². The molecule has 1 aromatic carbocycles. The largest absolute Gasteiger partial charge is 0.494 e. The number of aryl methyl sites for hydroxylation is 1. The maximum absolute atomic E-state index is 5.61. The van der Waals surface area contributed by atoms with Crippen LogP contribution in [-0.2, 0) is 6.54 Å². The van der Waals surface area contributed by atoms with Gasteiger partial charge in [-0.2, -0.15) is 0 Å². The number of nitrogens with zero attached hydrogens (tertiary/aromatic N) is 2. The summed E-state index contributed by atoms with van der Waals surface area (Å²) in [6.07, 6.45) is 5.03. The lowest BCUT2D eigenvalue weighted by atomic mass is 10.1. The summed E-state index contributed by atoms with van der Waals surface area (Å²) in [7, 11) is 0. The van der Waals surface area contributed by atoms with E-state index in [9.17, 15) is 0 Å². The minimum atomic E-state index is 0.0944. The summed E-state index contributed by atoms with van der Waals surface area (Å²) in [4.78, 5) is 4.57. The molecule has 0 aliphatic carbocycles. The van der Waals surface area contributed by atoms with Crippen LogP contribution in [0.2, 0.25) is 0 Å². The lowest BCUT2D eigenvalue weighted by molar-refractivity contribution is 0.339. The number of hydrogen-bond donors (Lipinski definition) is 1. The van der Waals surface area contributed by atoms with Crippen molar-refractivity contribution in [1.82, 2.24) is 14.9 Å². The van der Waals surface area contributed by atoms with Gasteiger partial charge in [0.05, 0.1) is 12.6 Å². The van der Waals surface area contributed by atoms with E-state index < -0.39 is 0 Å². The number of ether oxygens (including phenoxy) is 1. The van der Waals surface area contributed by atoms with Crippen molar-refractivity contribution in [2.24, 2.45) is 0 Å². The Kier molecular flexibility index (Phi) is 5.81. The van der Waals surface area contributed by atoms with Crippen LogP contribution in [0, 0.1) is 0 Å². The van der Waals surface area contributed by atoms with Crippen LogP contribution in [0.1, 0.15) is 44.6 Å². The monoisotopic (exact) mass is 287 g/mol. The van der Waals surface area contributed by atoms with E-state index >= 15 is 0 Å². The molecule has 0 spiro atoms. The summed E-state index contributed by atoms with van der Waals surface area (Å²) >= 11 is 0.